The number of hydrogen-bond acceptors (Lipinski definition) is 2. The van der Waals surface area contributed by atoms with Crippen LogP contribution in [0.15, 0.2) is 29.3 Å². The van der Waals surface area contributed by atoms with Gasteiger partial charge in [0.1, 0.15) is 5.82 Å². The molecule has 0 bridgehead atoms. The third-order valence-electron chi connectivity index (χ3n) is 5.14. The molecule has 0 radical (unpaired) electrons. The molecule has 0 aliphatic carbocycles. The number of benzene rings is 1. The maximum absolute atomic E-state index is 13.6. The van der Waals surface area contributed by atoms with E-state index in [1.807, 2.05) is 17.8 Å². The van der Waals surface area contributed by atoms with Gasteiger partial charge in [0.05, 0.1) is 12.2 Å². The van der Waals surface area contributed by atoms with Crippen LogP contribution in [-0.4, -0.2) is 34.9 Å². The molecule has 0 aliphatic heterocycles. The first-order valence-electron chi connectivity index (χ1n) is 9.94. The summed E-state index contributed by atoms with van der Waals surface area (Å²) in [6.07, 6.45) is 0.878. The van der Waals surface area contributed by atoms with Crippen molar-refractivity contribution in [3.63, 3.8) is 0 Å². The lowest BCUT2D eigenvalue weighted by molar-refractivity contribution is 0.527. The number of aryl methyl sites for hydroxylation is 2. The van der Waals surface area contributed by atoms with Crippen LogP contribution >= 0.6 is 24.0 Å². The van der Waals surface area contributed by atoms with Gasteiger partial charge >= 0.3 is 0 Å². The summed E-state index contributed by atoms with van der Waals surface area (Å²) >= 11 is 0. The number of guanidine groups is 1. The Bertz CT molecular complexity index is 829. The number of nitrogens with zero attached hydrogens (tertiary/aromatic N) is 3. The molecule has 0 spiro atoms. The second-order valence-electron chi connectivity index (χ2n) is 8.11. The molecule has 1 heterocycles. The Hall–Kier alpha value is -1.64. The first-order chi connectivity index (χ1) is 13.1. The largest absolute Gasteiger partial charge is 0.357 e. The van der Waals surface area contributed by atoms with Gasteiger partial charge in [0, 0.05) is 30.7 Å². The van der Waals surface area contributed by atoms with E-state index < -0.39 is 0 Å². The Balaban J connectivity index is 0.00000420. The molecule has 0 saturated carbocycles. The van der Waals surface area contributed by atoms with Crippen LogP contribution in [0.2, 0.25) is 0 Å². The highest BCUT2D eigenvalue weighted by Gasteiger charge is 2.21. The molecule has 1 aromatic heterocycles. The maximum Gasteiger partial charge on any atom is 0.191 e. The number of aromatic nitrogens is 2. The standard InChI is InChI=1S/C22H34FN5.HI/c1-8-24-21(25-14-22(5,6)18-10-9-11-19(23)13-18)26-15(2)12-20-16(3)27-28(7)17(20)4;/h9-11,13,15H,8,12,14H2,1-7H3,(H2,24,25,26);1H. The van der Waals surface area contributed by atoms with Gasteiger partial charge in [0.25, 0.3) is 0 Å². The van der Waals surface area contributed by atoms with Crippen LogP contribution in [0.5, 0.6) is 0 Å². The fourth-order valence-corrected chi connectivity index (χ4v) is 3.30. The lowest BCUT2D eigenvalue weighted by atomic mass is 9.85. The second kappa shape index (κ2) is 10.9. The average molecular weight is 515 g/mol. The van der Waals surface area contributed by atoms with E-state index in [2.05, 4.69) is 57.3 Å². The minimum Gasteiger partial charge on any atom is -0.357 e. The van der Waals surface area contributed by atoms with Crippen molar-refractivity contribution >= 4 is 29.9 Å². The maximum atomic E-state index is 13.6. The Morgan fingerprint density at radius 2 is 2.00 bits per heavy atom. The molecule has 1 aromatic carbocycles. The van der Waals surface area contributed by atoms with Gasteiger partial charge < -0.3 is 10.6 Å². The lowest BCUT2D eigenvalue weighted by Crippen LogP contribution is -2.43. The quantitative estimate of drug-likeness (QED) is 0.329. The summed E-state index contributed by atoms with van der Waals surface area (Å²) < 4.78 is 15.5. The topological polar surface area (TPSA) is 54.2 Å². The molecular weight excluding hydrogens is 480 g/mol. The zero-order valence-electron chi connectivity index (χ0n) is 18.6. The van der Waals surface area contributed by atoms with Crippen molar-refractivity contribution in [3.8, 4) is 0 Å². The van der Waals surface area contributed by atoms with Crippen LogP contribution in [-0.2, 0) is 18.9 Å². The van der Waals surface area contributed by atoms with E-state index in [1.54, 1.807) is 12.1 Å². The van der Waals surface area contributed by atoms with E-state index in [1.165, 1.54) is 17.3 Å². The highest BCUT2D eigenvalue weighted by Crippen LogP contribution is 2.24. The van der Waals surface area contributed by atoms with Gasteiger partial charge in [-0.1, -0.05) is 26.0 Å². The van der Waals surface area contributed by atoms with Crippen molar-refractivity contribution in [2.75, 3.05) is 13.1 Å². The first-order valence-corrected chi connectivity index (χ1v) is 9.94. The first kappa shape index (κ1) is 25.4. The van der Waals surface area contributed by atoms with Crippen LogP contribution in [0.4, 0.5) is 4.39 Å². The summed E-state index contributed by atoms with van der Waals surface area (Å²) in [5.74, 6) is 0.564. The summed E-state index contributed by atoms with van der Waals surface area (Å²) in [5.41, 5.74) is 4.23. The molecule has 2 rings (SSSR count). The SMILES string of the molecule is CCNC(=NCC(C)(C)c1cccc(F)c1)NC(C)Cc1c(C)nn(C)c1C.I. The van der Waals surface area contributed by atoms with Gasteiger partial charge in [-0.3, -0.25) is 9.67 Å². The Morgan fingerprint density at radius 1 is 1.31 bits per heavy atom. The van der Waals surface area contributed by atoms with E-state index in [4.69, 9.17) is 4.99 Å². The highest BCUT2D eigenvalue weighted by molar-refractivity contribution is 14.0. The molecular formula is C22H35FIN5. The van der Waals surface area contributed by atoms with Crippen LogP contribution in [0.25, 0.3) is 0 Å². The van der Waals surface area contributed by atoms with Crippen molar-refractivity contribution in [2.45, 2.75) is 59.4 Å². The van der Waals surface area contributed by atoms with Crippen molar-refractivity contribution in [1.82, 2.24) is 20.4 Å². The average Bonchev–Trinajstić information content (AvgIpc) is 2.86. The highest BCUT2D eigenvalue weighted by atomic mass is 127. The molecule has 5 nitrogen and oxygen atoms in total. The third kappa shape index (κ3) is 6.97. The second-order valence-corrected chi connectivity index (χ2v) is 8.11. The van der Waals surface area contributed by atoms with Crippen LogP contribution in [0, 0.1) is 19.7 Å². The predicted octanol–water partition coefficient (Wildman–Crippen LogP) is 4.26. The summed E-state index contributed by atoms with van der Waals surface area (Å²) in [6, 6.07) is 6.97. The fraction of sp³-hybridized carbons (Fsp3) is 0.545. The smallest absolute Gasteiger partial charge is 0.191 e. The zero-order chi connectivity index (χ0) is 20.9. The van der Waals surface area contributed by atoms with E-state index in [-0.39, 0.29) is 41.3 Å². The minimum atomic E-state index is -0.260. The number of halogens is 2. The number of aliphatic imine (C=N–C) groups is 1. The van der Waals surface area contributed by atoms with Crippen molar-refractivity contribution in [2.24, 2.45) is 12.0 Å². The predicted molar refractivity (Wildman–Crippen MR) is 130 cm³/mol. The molecule has 0 saturated heterocycles. The zero-order valence-corrected chi connectivity index (χ0v) is 21.0. The minimum absolute atomic E-state index is 0. The summed E-state index contributed by atoms with van der Waals surface area (Å²) in [4.78, 5) is 4.77. The van der Waals surface area contributed by atoms with E-state index in [9.17, 15) is 4.39 Å². The molecule has 0 fully saturated rings. The number of hydrogen-bond donors (Lipinski definition) is 2. The molecule has 2 aromatic rings. The molecule has 7 heteroatoms. The molecule has 1 unspecified atom stereocenters. The fourth-order valence-electron chi connectivity index (χ4n) is 3.30. The number of rotatable bonds is 7. The van der Waals surface area contributed by atoms with Crippen molar-refractivity contribution in [3.05, 3.63) is 52.6 Å². The summed E-state index contributed by atoms with van der Waals surface area (Å²) in [5, 5.41) is 11.3. The molecule has 0 aliphatic rings. The van der Waals surface area contributed by atoms with Crippen LogP contribution in [0.1, 0.15) is 50.2 Å². The third-order valence-corrected chi connectivity index (χ3v) is 5.14. The van der Waals surface area contributed by atoms with Crippen molar-refractivity contribution in [1.29, 1.82) is 0 Å². The monoisotopic (exact) mass is 515 g/mol. The van der Waals surface area contributed by atoms with Gasteiger partial charge in [-0.2, -0.15) is 5.10 Å². The van der Waals surface area contributed by atoms with E-state index in [0.717, 1.165) is 30.2 Å². The van der Waals surface area contributed by atoms with E-state index in [0.29, 0.717) is 6.54 Å². The molecule has 0 amide bonds. The molecule has 1 atom stereocenters. The van der Waals surface area contributed by atoms with Gasteiger partial charge in [-0.15, -0.1) is 24.0 Å². The van der Waals surface area contributed by atoms with Crippen LogP contribution < -0.4 is 10.6 Å². The number of nitrogens with one attached hydrogen (secondary N) is 2. The van der Waals surface area contributed by atoms with Gasteiger partial charge in [-0.05, 0) is 57.4 Å². The molecule has 162 valence electrons. The normalized spacial score (nSPS) is 13.0. The molecule has 29 heavy (non-hydrogen) atoms. The summed E-state index contributed by atoms with van der Waals surface area (Å²) in [6.45, 7) is 13.9. The van der Waals surface area contributed by atoms with E-state index >= 15 is 0 Å². The van der Waals surface area contributed by atoms with Gasteiger partial charge in [-0.25, -0.2) is 4.39 Å². The molecule has 2 N–H and O–H groups in total. The Labute approximate surface area is 191 Å². The van der Waals surface area contributed by atoms with Gasteiger partial charge in [0.2, 0.25) is 0 Å². The summed E-state index contributed by atoms with van der Waals surface area (Å²) in [7, 11) is 1.98. The van der Waals surface area contributed by atoms with Crippen molar-refractivity contribution < 1.29 is 4.39 Å². The Kier molecular flexibility index (Phi) is 9.58. The Morgan fingerprint density at radius 3 is 2.55 bits per heavy atom. The van der Waals surface area contributed by atoms with Gasteiger partial charge in [0.15, 0.2) is 5.96 Å². The lowest BCUT2D eigenvalue weighted by Gasteiger charge is -2.25. The van der Waals surface area contributed by atoms with Crippen LogP contribution in [0.3, 0.4) is 0 Å².